The van der Waals surface area contributed by atoms with Gasteiger partial charge in [0.05, 0.1) is 18.8 Å². The summed E-state index contributed by atoms with van der Waals surface area (Å²) in [6.07, 6.45) is 8.67. The van der Waals surface area contributed by atoms with Crippen LogP contribution in [0.5, 0.6) is 0 Å². The van der Waals surface area contributed by atoms with E-state index in [0.717, 1.165) is 18.8 Å². The lowest BCUT2D eigenvalue weighted by molar-refractivity contribution is -0.0257. The van der Waals surface area contributed by atoms with E-state index in [1.54, 1.807) is 0 Å². The standard InChI is InChI=1S/C14H27N3O/c1-4-5-6-7-13-16-9-10-17(13)12-14(2,3)18-11-8-15/h9-10H,4-8,11-12,15H2,1-3H3. The normalized spacial score (nSPS) is 12.0. The van der Waals surface area contributed by atoms with Crippen molar-refractivity contribution < 1.29 is 4.74 Å². The summed E-state index contributed by atoms with van der Waals surface area (Å²) in [5.74, 6) is 1.16. The van der Waals surface area contributed by atoms with Crippen molar-refractivity contribution >= 4 is 0 Å². The number of ether oxygens (including phenoxy) is 1. The summed E-state index contributed by atoms with van der Waals surface area (Å²) >= 11 is 0. The Morgan fingerprint density at radius 1 is 1.39 bits per heavy atom. The zero-order valence-corrected chi connectivity index (χ0v) is 12.0. The van der Waals surface area contributed by atoms with E-state index >= 15 is 0 Å². The van der Waals surface area contributed by atoms with E-state index in [1.165, 1.54) is 19.3 Å². The molecule has 0 aliphatic heterocycles. The lowest BCUT2D eigenvalue weighted by atomic mass is 10.1. The van der Waals surface area contributed by atoms with Crippen LogP contribution in [0.3, 0.4) is 0 Å². The van der Waals surface area contributed by atoms with Crippen LogP contribution in [0, 0.1) is 0 Å². The lowest BCUT2D eigenvalue weighted by Gasteiger charge is -2.26. The van der Waals surface area contributed by atoms with Gasteiger partial charge in [0.1, 0.15) is 5.82 Å². The maximum atomic E-state index is 5.76. The number of nitrogens with zero attached hydrogens (tertiary/aromatic N) is 2. The topological polar surface area (TPSA) is 53.1 Å². The van der Waals surface area contributed by atoms with Gasteiger partial charge in [0.25, 0.3) is 0 Å². The first-order chi connectivity index (χ1) is 8.59. The van der Waals surface area contributed by atoms with Gasteiger partial charge < -0.3 is 15.0 Å². The summed E-state index contributed by atoms with van der Waals surface area (Å²) < 4.78 is 7.96. The number of aryl methyl sites for hydroxylation is 1. The Labute approximate surface area is 111 Å². The molecule has 1 heterocycles. The Bertz CT molecular complexity index is 334. The first-order valence-corrected chi connectivity index (χ1v) is 6.93. The molecule has 0 fully saturated rings. The molecule has 0 aliphatic carbocycles. The predicted octanol–water partition coefficient (Wildman–Crippen LogP) is 2.37. The van der Waals surface area contributed by atoms with E-state index in [-0.39, 0.29) is 5.60 Å². The first-order valence-electron chi connectivity index (χ1n) is 6.93. The average molecular weight is 253 g/mol. The van der Waals surface area contributed by atoms with Gasteiger partial charge in [0, 0.05) is 25.4 Å². The van der Waals surface area contributed by atoms with Crippen molar-refractivity contribution in [3.05, 3.63) is 18.2 Å². The Hall–Kier alpha value is -0.870. The molecule has 0 aromatic carbocycles. The molecule has 0 saturated carbocycles. The summed E-state index contributed by atoms with van der Waals surface area (Å²) in [5.41, 5.74) is 5.28. The maximum Gasteiger partial charge on any atom is 0.108 e. The minimum atomic E-state index is -0.195. The van der Waals surface area contributed by atoms with Gasteiger partial charge in [-0.15, -0.1) is 0 Å². The second kappa shape index (κ2) is 7.54. The summed E-state index contributed by atoms with van der Waals surface area (Å²) in [4.78, 5) is 4.44. The minimum absolute atomic E-state index is 0.195. The van der Waals surface area contributed by atoms with E-state index in [4.69, 9.17) is 10.5 Å². The van der Waals surface area contributed by atoms with Crippen molar-refractivity contribution in [2.75, 3.05) is 13.2 Å². The molecule has 0 bridgehead atoms. The lowest BCUT2D eigenvalue weighted by Crippen LogP contribution is -2.33. The molecule has 4 nitrogen and oxygen atoms in total. The van der Waals surface area contributed by atoms with Gasteiger partial charge in [-0.1, -0.05) is 19.8 Å². The third kappa shape index (κ3) is 5.19. The van der Waals surface area contributed by atoms with Crippen LogP contribution in [-0.4, -0.2) is 28.3 Å². The highest BCUT2D eigenvalue weighted by atomic mass is 16.5. The number of rotatable bonds is 9. The summed E-state index contributed by atoms with van der Waals surface area (Å²) in [7, 11) is 0. The highest BCUT2D eigenvalue weighted by molar-refractivity contribution is 4.94. The molecule has 1 aromatic heterocycles. The SMILES string of the molecule is CCCCCc1nccn1CC(C)(C)OCCN. The third-order valence-corrected chi connectivity index (χ3v) is 2.97. The maximum absolute atomic E-state index is 5.76. The van der Waals surface area contributed by atoms with Crippen LogP contribution >= 0.6 is 0 Å². The van der Waals surface area contributed by atoms with E-state index < -0.39 is 0 Å². The van der Waals surface area contributed by atoms with Crippen LogP contribution in [0.4, 0.5) is 0 Å². The van der Waals surface area contributed by atoms with Gasteiger partial charge in [-0.05, 0) is 20.3 Å². The Morgan fingerprint density at radius 3 is 2.83 bits per heavy atom. The van der Waals surface area contributed by atoms with Crippen molar-refractivity contribution in [1.82, 2.24) is 9.55 Å². The van der Waals surface area contributed by atoms with Crippen LogP contribution in [0.25, 0.3) is 0 Å². The summed E-state index contributed by atoms with van der Waals surface area (Å²) in [5, 5.41) is 0. The van der Waals surface area contributed by atoms with E-state index in [9.17, 15) is 0 Å². The fourth-order valence-corrected chi connectivity index (χ4v) is 2.04. The fraction of sp³-hybridized carbons (Fsp3) is 0.786. The molecule has 1 rings (SSSR count). The highest BCUT2D eigenvalue weighted by Crippen LogP contribution is 2.15. The summed E-state index contributed by atoms with van der Waals surface area (Å²) in [6.45, 7) is 8.41. The molecule has 1 aromatic rings. The summed E-state index contributed by atoms with van der Waals surface area (Å²) in [6, 6.07) is 0. The second-order valence-corrected chi connectivity index (χ2v) is 5.33. The smallest absolute Gasteiger partial charge is 0.108 e. The number of hydrogen-bond donors (Lipinski definition) is 1. The van der Waals surface area contributed by atoms with Gasteiger partial charge >= 0.3 is 0 Å². The second-order valence-electron chi connectivity index (χ2n) is 5.33. The Balaban J connectivity index is 2.53. The molecule has 0 aliphatic rings. The van der Waals surface area contributed by atoms with Gasteiger partial charge in [-0.2, -0.15) is 0 Å². The molecule has 0 radical (unpaired) electrons. The van der Waals surface area contributed by atoms with Crippen LogP contribution in [0.2, 0.25) is 0 Å². The van der Waals surface area contributed by atoms with Crippen molar-refractivity contribution in [1.29, 1.82) is 0 Å². The van der Waals surface area contributed by atoms with E-state index in [0.29, 0.717) is 13.2 Å². The molecule has 0 spiro atoms. The zero-order valence-electron chi connectivity index (χ0n) is 12.0. The molecule has 4 heteroatoms. The number of imidazole rings is 1. The van der Waals surface area contributed by atoms with Crippen molar-refractivity contribution in [2.45, 2.75) is 58.6 Å². The van der Waals surface area contributed by atoms with Crippen LogP contribution in [0.1, 0.15) is 45.9 Å². The van der Waals surface area contributed by atoms with Crippen LogP contribution in [-0.2, 0) is 17.7 Å². The van der Waals surface area contributed by atoms with Gasteiger partial charge in [-0.25, -0.2) is 4.98 Å². The van der Waals surface area contributed by atoms with Gasteiger partial charge in [0.2, 0.25) is 0 Å². The number of unbranched alkanes of at least 4 members (excludes halogenated alkanes) is 2. The molecule has 0 unspecified atom stereocenters. The van der Waals surface area contributed by atoms with Crippen molar-refractivity contribution in [2.24, 2.45) is 5.73 Å². The molecule has 0 atom stereocenters. The minimum Gasteiger partial charge on any atom is -0.372 e. The average Bonchev–Trinajstić information content (AvgIpc) is 2.74. The number of aromatic nitrogens is 2. The fourth-order valence-electron chi connectivity index (χ4n) is 2.04. The predicted molar refractivity (Wildman–Crippen MR) is 74.5 cm³/mol. The number of hydrogen-bond acceptors (Lipinski definition) is 3. The largest absolute Gasteiger partial charge is 0.372 e. The number of nitrogens with two attached hydrogens (primary N) is 1. The molecule has 2 N–H and O–H groups in total. The highest BCUT2D eigenvalue weighted by Gasteiger charge is 2.20. The van der Waals surface area contributed by atoms with Gasteiger partial charge in [0.15, 0.2) is 0 Å². The molecule has 104 valence electrons. The Morgan fingerprint density at radius 2 is 2.17 bits per heavy atom. The zero-order chi connectivity index (χ0) is 13.4. The van der Waals surface area contributed by atoms with Gasteiger partial charge in [-0.3, -0.25) is 0 Å². The van der Waals surface area contributed by atoms with E-state index in [2.05, 4.69) is 30.3 Å². The molecule has 18 heavy (non-hydrogen) atoms. The Kier molecular flexibility index (Phi) is 6.36. The first kappa shape index (κ1) is 15.2. The van der Waals surface area contributed by atoms with Crippen molar-refractivity contribution in [3.63, 3.8) is 0 Å². The quantitative estimate of drug-likeness (QED) is 0.687. The van der Waals surface area contributed by atoms with Crippen molar-refractivity contribution in [3.8, 4) is 0 Å². The van der Waals surface area contributed by atoms with Crippen LogP contribution < -0.4 is 5.73 Å². The molecule has 0 amide bonds. The third-order valence-electron chi connectivity index (χ3n) is 2.97. The monoisotopic (exact) mass is 253 g/mol. The van der Waals surface area contributed by atoms with E-state index in [1.807, 2.05) is 12.4 Å². The molecular formula is C14H27N3O. The molecular weight excluding hydrogens is 226 g/mol. The van der Waals surface area contributed by atoms with Crippen LogP contribution in [0.15, 0.2) is 12.4 Å². The molecule has 0 saturated heterocycles.